The van der Waals surface area contributed by atoms with Crippen LogP contribution >= 0.6 is 11.6 Å². The van der Waals surface area contributed by atoms with Gasteiger partial charge in [-0.05, 0) is 41.8 Å². The molecular formula is C21H19ClN2O2. The number of halogens is 1. The number of carbonyl (C=O) groups excluding carboxylic acids is 2. The third-order valence-electron chi connectivity index (χ3n) is 5.03. The van der Waals surface area contributed by atoms with Gasteiger partial charge in [0.05, 0.1) is 18.2 Å². The highest BCUT2D eigenvalue weighted by Gasteiger charge is 2.42. The Kier molecular flexibility index (Phi) is 4.62. The van der Waals surface area contributed by atoms with Gasteiger partial charge in [0.1, 0.15) is 0 Å². The molecule has 0 aliphatic carbocycles. The zero-order valence-electron chi connectivity index (χ0n) is 14.3. The van der Waals surface area contributed by atoms with Crippen molar-refractivity contribution in [3.63, 3.8) is 0 Å². The van der Waals surface area contributed by atoms with Gasteiger partial charge in [0.15, 0.2) is 0 Å². The van der Waals surface area contributed by atoms with Crippen LogP contribution in [-0.2, 0) is 9.59 Å². The van der Waals surface area contributed by atoms with E-state index >= 15 is 0 Å². The SMILES string of the molecule is O=C1C[C@@H](N2CC=C(c3ccccc3)CC2)C(=O)N1c1ccc(Cl)cc1. The molecule has 2 aliphatic rings. The van der Waals surface area contributed by atoms with Crippen LogP contribution < -0.4 is 4.90 Å². The van der Waals surface area contributed by atoms with Gasteiger partial charge in [-0.3, -0.25) is 14.5 Å². The van der Waals surface area contributed by atoms with Crippen molar-refractivity contribution in [1.29, 1.82) is 0 Å². The van der Waals surface area contributed by atoms with Gasteiger partial charge in [0.2, 0.25) is 5.91 Å². The van der Waals surface area contributed by atoms with Crippen LogP contribution in [-0.4, -0.2) is 35.8 Å². The fraction of sp³-hybridized carbons (Fsp3) is 0.238. The van der Waals surface area contributed by atoms with E-state index in [1.807, 2.05) is 18.2 Å². The smallest absolute Gasteiger partial charge is 0.251 e. The minimum atomic E-state index is -0.383. The third-order valence-corrected chi connectivity index (χ3v) is 5.29. The molecule has 2 aromatic carbocycles. The van der Waals surface area contributed by atoms with Gasteiger partial charge in [-0.25, -0.2) is 4.90 Å². The summed E-state index contributed by atoms with van der Waals surface area (Å²) in [5.74, 6) is -0.297. The van der Waals surface area contributed by atoms with E-state index in [1.165, 1.54) is 16.0 Å². The Hall–Kier alpha value is -2.43. The van der Waals surface area contributed by atoms with E-state index < -0.39 is 0 Å². The maximum absolute atomic E-state index is 12.9. The van der Waals surface area contributed by atoms with E-state index in [-0.39, 0.29) is 24.3 Å². The molecule has 2 aromatic rings. The van der Waals surface area contributed by atoms with Gasteiger partial charge < -0.3 is 0 Å². The van der Waals surface area contributed by atoms with E-state index in [1.54, 1.807) is 24.3 Å². The van der Waals surface area contributed by atoms with Crippen LogP contribution in [0.3, 0.4) is 0 Å². The van der Waals surface area contributed by atoms with Crippen molar-refractivity contribution in [2.45, 2.75) is 18.9 Å². The Morgan fingerprint density at radius 2 is 1.69 bits per heavy atom. The molecule has 1 fully saturated rings. The van der Waals surface area contributed by atoms with Crippen molar-refractivity contribution in [3.8, 4) is 0 Å². The first-order valence-corrected chi connectivity index (χ1v) is 9.12. The monoisotopic (exact) mass is 366 g/mol. The fourth-order valence-corrected chi connectivity index (χ4v) is 3.77. The lowest BCUT2D eigenvalue weighted by molar-refractivity contribution is -0.122. The Bertz CT molecular complexity index is 861. The van der Waals surface area contributed by atoms with Crippen molar-refractivity contribution >= 4 is 34.7 Å². The van der Waals surface area contributed by atoms with Gasteiger partial charge in [-0.2, -0.15) is 0 Å². The standard InChI is InChI=1S/C21H19ClN2O2/c22-17-6-8-18(9-7-17)24-20(25)14-19(21(24)26)23-12-10-16(11-13-23)15-4-2-1-3-5-15/h1-10,19H,11-14H2/t19-/m1/s1. The number of benzene rings is 2. The van der Waals surface area contributed by atoms with Crippen molar-refractivity contribution in [2.24, 2.45) is 0 Å². The van der Waals surface area contributed by atoms with Gasteiger partial charge >= 0.3 is 0 Å². The number of hydrogen-bond acceptors (Lipinski definition) is 3. The van der Waals surface area contributed by atoms with Crippen LogP contribution in [0, 0.1) is 0 Å². The van der Waals surface area contributed by atoms with Crippen molar-refractivity contribution in [2.75, 3.05) is 18.0 Å². The van der Waals surface area contributed by atoms with Crippen LogP contribution in [0.2, 0.25) is 5.02 Å². The quantitative estimate of drug-likeness (QED) is 0.776. The Morgan fingerprint density at radius 3 is 2.35 bits per heavy atom. The molecule has 0 N–H and O–H groups in total. The molecule has 0 radical (unpaired) electrons. The Labute approximate surface area is 157 Å². The van der Waals surface area contributed by atoms with Gasteiger partial charge in [-0.15, -0.1) is 0 Å². The molecule has 1 saturated heterocycles. The van der Waals surface area contributed by atoms with Crippen LogP contribution in [0.5, 0.6) is 0 Å². The summed E-state index contributed by atoms with van der Waals surface area (Å²) < 4.78 is 0. The summed E-state index contributed by atoms with van der Waals surface area (Å²) in [6, 6.07) is 16.7. The Balaban J connectivity index is 1.49. The molecule has 0 spiro atoms. The first kappa shape index (κ1) is 17.0. The molecular weight excluding hydrogens is 348 g/mol. The first-order chi connectivity index (χ1) is 12.6. The van der Waals surface area contributed by atoms with E-state index in [9.17, 15) is 9.59 Å². The molecule has 0 unspecified atom stereocenters. The lowest BCUT2D eigenvalue weighted by Gasteiger charge is -2.30. The molecule has 132 valence electrons. The topological polar surface area (TPSA) is 40.6 Å². The molecule has 5 heteroatoms. The molecule has 0 saturated carbocycles. The summed E-state index contributed by atoms with van der Waals surface area (Å²) >= 11 is 5.90. The van der Waals surface area contributed by atoms with Gasteiger partial charge in [0.25, 0.3) is 5.91 Å². The van der Waals surface area contributed by atoms with Crippen LogP contribution in [0.15, 0.2) is 60.7 Å². The maximum Gasteiger partial charge on any atom is 0.251 e. The number of amides is 2. The maximum atomic E-state index is 12.9. The summed E-state index contributed by atoms with van der Waals surface area (Å²) in [5, 5.41) is 0.582. The summed E-state index contributed by atoms with van der Waals surface area (Å²) in [5.41, 5.74) is 3.11. The highest BCUT2D eigenvalue weighted by atomic mass is 35.5. The van der Waals surface area contributed by atoms with Crippen molar-refractivity contribution in [1.82, 2.24) is 4.90 Å². The zero-order chi connectivity index (χ0) is 18.1. The molecule has 26 heavy (non-hydrogen) atoms. The van der Waals surface area contributed by atoms with Crippen LogP contribution in [0.25, 0.3) is 5.57 Å². The van der Waals surface area contributed by atoms with E-state index in [0.717, 1.165) is 13.0 Å². The minimum Gasteiger partial charge on any atom is -0.287 e. The molecule has 0 bridgehead atoms. The molecule has 2 aliphatic heterocycles. The van der Waals surface area contributed by atoms with Crippen LogP contribution in [0.1, 0.15) is 18.4 Å². The van der Waals surface area contributed by atoms with E-state index in [2.05, 4.69) is 23.1 Å². The number of imide groups is 1. The van der Waals surface area contributed by atoms with Gasteiger partial charge in [0, 0.05) is 18.1 Å². The molecule has 4 rings (SSSR count). The molecule has 1 atom stereocenters. The summed E-state index contributed by atoms with van der Waals surface area (Å²) in [4.78, 5) is 28.7. The molecule has 4 nitrogen and oxygen atoms in total. The predicted octanol–water partition coefficient (Wildman–Crippen LogP) is 3.76. The average molecular weight is 367 g/mol. The molecule has 0 aromatic heterocycles. The predicted molar refractivity (Wildman–Crippen MR) is 103 cm³/mol. The van der Waals surface area contributed by atoms with E-state index in [0.29, 0.717) is 17.3 Å². The van der Waals surface area contributed by atoms with Crippen LogP contribution in [0.4, 0.5) is 5.69 Å². The normalized spacial score (nSPS) is 21.2. The highest BCUT2D eigenvalue weighted by molar-refractivity contribution is 6.30. The second kappa shape index (κ2) is 7.06. The average Bonchev–Trinajstić information content (AvgIpc) is 2.98. The molecule has 2 amide bonds. The van der Waals surface area contributed by atoms with Crippen molar-refractivity contribution < 1.29 is 9.59 Å². The largest absolute Gasteiger partial charge is 0.287 e. The number of rotatable bonds is 3. The minimum absolute atomic E-state index is 0.145. The second-order valence-electron chi connectivity index (χ2n) is 6.60. The second-order valence-corrected chi connectivity index (χ2v) is 7.04. The number of nitrogens with zero attached hydrogens (tertiary/aromatic N) is 2. The van der Waals surface area contributed by atoms with E-state index in [4.69, 9.17) is 11.6 Å². The lowest BCUT2D eigenvalue weighted by atomic mass is 9.98. The molecule has 2 heterocycles. The highest BCUT2D eigenvalue weighted by Crippen LogP contribution is 2.29. The third kappa shape index (κ3) is 3.18. The number of carbonyl (C=O) groups is 2. The fourth-order valence-electron chi connectivity index (χ4n) is 3.64. The van der Waals surface area contributed by atoms with Gasteiger partial charge in [-0.1, -0.05) is 48.0 Å². The lowest BCUT2D eigenvalue weighted by Crippen LogP contribution is -2.44. The summed E-state index contributed by atoms with van der Waals surface area (Å²) in [6.07, 6.45) is 3.28. The van der Waals surface area contributed by atoms with Crippen molar-refractivity contribution in [3.05, 3.63) is 71.3 Å². The number of anilines is 1. The first-order valence-electron chi connectivity index (χ1n) is 8.74. The number of hydrogen-bond donors (Lipinski definition) is 0. The summed E-state index contributed by atoms with van der Waals surface area (Å²) in [6.45, 7) is 1.46. The Morgan fingerprint density at radius 1 is 0.962 bits per heavy atom. The zero-order valence-corrected chi connectivity index (χ0v) is 15.0. The summed E-state index contributed by atoms with van der Waals surface area (Å²) in [7, 11) is 0.